The predicted octanol–water partition coefficient (Wildman–Crippen LogP) is 5.45. The molecule has 1 aromatic heterocycles. The number of thiazole rings is 1. The van der Waals surface area contributed by atoms with Gasteiger partial charge in [0.25, 0.3) is 11.2 Å². The van der Waals surface area contributed by atoms with Crippen molar-refractivity contribution in [1.29, 1.82) is 0 Å². The summed E-state index contributed by atoms with van der Waals surface area (Å²) in [4.78, 5) is 44.3. The fourth-order valence-electron chi connectivity index (χ4n) is 5.75. The average Bonchev–Trinajstić information content (AvgIpc) is 3.47. The van der Waals surface area contributed by atoms with Gasteiger partial charge in [-0.3, -0.25) is 19.5 Å². The molecule has 4 aromatic carbocycles. The molecule has 0 saturated carbocycles. The maximum absolute atomic E-state index is 14.5. The number of nitro groups is 1. The number of hydrogen-bond acceptors (Lipinski definition) is 11. The third-order valence-electron chi connectivity index (χ3n) is 8.14. The van der Waals surface area contributed by atoms with E-state index >= 15 is 0 Å². The summed E-state index contributed by atoms with van der Waals surface area (Å²) in [6.07, 6.45) is 1.69. The molecule has 1 aliphatic rings. The van der Waals surface area contributed by atoms with Crippen LogP contribution in [0.4, 0.5) is 5.69 Å². The van der Waals surface area contributed by atoms with E-state index in [2.05, 4.69) is 0 Å². The zero-order valence-corrected chi connectivity index (χ0v) is 29.0. The highest BCUT2D eigenvalue weighted by Crippen LogP contribution is 2.39. The van der Waals surface area contributed by atoms with Crippen molar-refractivity contribution in [3.8, 4) is 23.0 Å². The van der Waals surface area contributed by atoms with Crippen molar-refractivity contribution < 1.29 is 33.4 Å². The number of carbonyl (C=O) groups excluding carboxylic acids is 1. The second kappa shape index (κ2) is 15.1. The molecule has 0 bridgehead atoms. The maximum atomic E-state index is 14.5. The molecule has 0 fully saturated rings. The van der Waals surface area contributed by atoms with Gasteiger partial charge in [0.1, 0.15) is 6.61 Å². The number of nitro benzene ring substituents is 1. The van der Waals surface area contributed by atoms with E-state index < -0.39 is 22.5 Å². The fraction of sp³-hybridized carbons (Fsp3) is 0.184. The molecule has 0 spiro atoms. The van der Waals surface area contributed by atoms with Crippen molar-refractivity contribution in [2.75, 3.05) is 27.9 Å². The first-order valence-electron chi connectivity index (χ1n) is 15.8. The molecule has 2 heterocycles. The topological polar surface area (TPSA) is 141 Å². The van der Waals surface area contributed by atoms with E-state index in [0.29, 0.717) is 60.3 Å². The smallest absolute Gasteiger partial charge is 0.338 e. The summed E-state index contributed by atoms with van der Waals surface area (Å²) in [5, 5.41) is 11.1. The van der Waals surface area contributed by atoms with Crippen LogP contribution in [-0.4, -0.2) is 43.4 Å². The Morgan fingerprint density at radius 2 is 1.65 bits per heavy atom. The van der Waals surface area contributed by atoms with Gasteiger partial charge in [-0.25, -0.2) is 9.79 Å². The van der Waals surface area contributed by atoms with Crippen LogP contribution >= 0.6 is 11.3 Å². The monoisotopic (exact) mass is 707 g/mol. The second-order valence-electron chi connectivity index (χ2n) is 11.1. The summed E-state index contributed by atoms with van der Waals surface area (Å²) in [7, 11) is 4.55. The van der Waals surface area contributed by atoms with Crippen molar-refractivity contribution >= 4 is 34.8 Å². The van der Waals surface area contributed by atoms with Crippen LogP contribution in [0.3, 0.4) is 0 Å². The third kappa shape index (κ3) is 6.96. The molecule has 51 heavy (non-hydrogen) atoms. The van der Waals surface area contributed by atoms with E-state index in [-0.39, 0.29) is 24.5 Å². The first-order valence-corrected chi connectivity index (χ1v) is 16.6. The lowest BCUT2D eigenvalue weighted by Crippen LogP contribution is -2.40. The van der Waals surface area contributed by atoms with Gasteiger partial charge in [0, 0.05) is 23.3 Å². The normalized spacial score (nSPS) is 14.0. The standard InChI is InChI=1S/C38H33N3O9S/c1-5-49-37(43)32-33(24-10-7-6-8-11-24)39-38-40(34(32)25-16-19-28(46-2)30(20-25)48-4)36(42)31(51-38)21-26-12-9-13-29(47-3)35(26)50-22-23-14-17-27(18-15-23)41(44)45/h6-21,34H,5,22H2,1-4H3/b31-21-/t34-/m0/s1. The van der Waals surface area contributed by atoms with Crippen LogP contribution in [0.5, 0.6) is 23.0 Å². The minimum absolute atomic E-state index is 0.0278. The minimum atomic E-state index is -0.930. The van der Waals surface area contributed by atoms with Crippen LogP contribution < -0.4 is 33.8 Å². The number of benzene rings is 4. The van der Waals surface area contributed by atoms with E-state index in [9.17, 15) is 19.7 Å². The molecule has 0 aliphatic carbocycles. The number of carbonyl (C=O) groups is 1. The van der Waals surface area contributed by atoms with E-state index in [1.807, 2.05) is 30.3 Å². The van der Waals surface area contributed by atoms with Gasteiger partial charge in [0.05, 0.1) is 54.7 Å². The largest absolute Gasteiger partial charge is 0.493 e. The van der Waals surface area contributed by atoms with Crippen LogP contribution in [0.15, 0.2) is 106 Å². The SMILES string of the molecule is CCOC(=O)C1=C(c2ccccc2)N=c2s/c(=C\c3cccc(OC)c3OCc3ccc([N+](=O)[O-])cc3)c(=O)n2[C@H]1c1ccc(OC)c(OC)c1. The van der Waals surface area contributed by atoms with E-state index in [1.165, 1.54) is 49.4 Å². The summed E-state index contributed by atoms with van der Waals surface area (Å²) < 4.78 is 30.3. The Kier molecular flexibility index (Phi) is 10.3. The number of aromatic nitrogens is 1. The molecule has 260 valence electrons. The molecule has 0 saturated heterocycles. The number of esters is 1. The van der Waals surface area contributed by atoms with Crippen LogP contribution in [0.2, 0.25) is 0 Å². The second-order valence-corrected chi connectivity index (χ2v) is 12.1. The molecule has 0 unspecified atom stereocenters. The minimum Gasteiger partial charge on any atom is -0.493 e. The molecule has 1 aliphatic heterocycles. The molecular weight excluding hydrogens is 674 g/mol. The molecular formula is C38H33N3O9S. The summed E-state index contributed by atoms with van der Waals surface area (Å²) in [6, 6.07) is 24.9. The maximum Gasteiger partial charge on any atom is 0.338 e. The molecule has 0 radical (unpaired) electrons. The number of hydrogen-bond donors (Lipinski definition) is 0. The van der Waals surface area contributed by atoms with Crippen molar-refractivity contribution in [1.82, 2.24) is 4.57 Å². The number of nitrogens with zero attached hydrogens (tertiary/aromatic N) is 3. The predicted molar refractivity (Wildman–Crippen MR) is 191 cm³/mol. The molecule has 6 rings (SSSR count). The molecule has 0 N–H and O–H groups in total. The summed E-state index contributed by atoms with van der Waals surface area (Å²) in [6.45, 7) is 1.92. The Balaban J connectivity index is 1.54. The van der Waals surface area contributed by atoms with E-state index in [4.69, 9.17) is 28.7 Å². The van der Waals surface area contributed by atoms with Gasteiger partial charge < -0.3 is 23.7 Å². The van der Waals surface area contributed by atoms with E-state index in [0.717, 1.165) is 0 Å². The lowest BCUT2D eigenvalue weighted by atomic mass is 9.93. The zero-order valence-electron chi connectivity index (χ0n) is 28.2. The number of ether oxygens (including phenoxy) is 5. The van der Waals surface area contributed by atoms with Crippen LogP contribution in [0.25, 0.3) is 11.8 Å². The van der Waals surface area contributed by atoms with Gasteiger partial charge in [0.2, 0.25) is 0 Å². The number of methoxy groups -OCH3 is 3. The van der Waals surface area contributed by atoms with Gasteiger partial charge in [-0.15, -0.1) is 0 Å². The Morgan fingerprint density at radius 1 is 0.922 bits per heavy atom. The lowest BCUT2D eigenvalue weighted by Gasteiger charge is -2.26. The van der Waals surface area contributed by atoms with Crippen molar-refractivity contribution in [2.45, 2.75) is 19.6 Å². The Hall–Kier alpha value is -6.21. The van der Waals surface area contributed by atoms with Gasteiger partial charge in [-0.05, 0) is 54.5 Å². The van der Waals surface area contributed by atoms with Gasteiger partial charge >= 0.3 is 5.97 Å². The van der Waals surface area contributed by atoms with E-state index in [1.54, 1.807) is 61.5 Å². The molecule has 5 aromatic rings. The molecule has 0 amide bonds. The first kappa shape index (κ1) is 34.6. The first-order chi connectivity index (χ1) is 24.8. The van der Waals surface area contributed by atoms with Crippen LogP contribution in [0.1, 0.15) is 35.2 Å². The fourth-order valence-corrected chi connectivity index (χ4v) is 6.74. The van der Waals surface area contributed by atoms with Crippen molar-refractivity contribution in [3.05, 3.63) is 149 Å². The highest BCUT2D eigenvalue weighted by atomic mass is 32.1. The summed E-state index contributed by atoms with van der Waals surface area (Å²) >= 11 is 1.17. The third-order valence-corrected chi connectivity index (χ3v) is 9.13. The van der Waals surface area contributed by atoms with Gasteiger partial charge in [-0.1, -0.05) is 59.9 Å². The highest BCUT2D eigenvalue weighted by Gasteiger charge is 2.35. The zero-order chi connectivity index (χ0) is 36.1. The highest BCUT2D eigenvalue weighted by molar-refractivity contribution is 7.07. The molecule has 12 nitrogen and oxygen atoms in total. The van der Waals surface area contributed by atoms with Gasteiger partial charge in [-0.2, -0.15) is 0 Å². The Labute approximate surface area is 296 Å². The van der Waals surface area contributed by atoms with Crippen molar-refractivity contribution in [2.24, 2.45) is 4.99 Å². The quantitative estimate of drug-likeness (QED) is 0.0941. The molecule has 13 heteroatoms. The Bertz CT molecular complexity index is 2310. The van der Waals surface area contributed by atoms with Crippen LogP contribution in [-0.2, 0) is 16.1 Å². The number of para-hydroxylation sites is 1. The summed E-state index contributed by atoms with van der Waals surface area (Å²) in [5.74, 6) is 1.10. The van der Waals surface area contributed by atoms with Crippen molar-refractivity contribution in [3.63, 3.8) is 0 Å². The van der Waals surface area contributed by atoms with Gasteiger partial charge in [0.15, 0.2) is 27.8 Å². The number of rotatable bonds is 12. The molecule has 1 atom stereocenters. The average molecular weight is 708 g/mol. The lowest BCUT2D eigenvalue weighted by molar-refractivity contribution is -0.384. The number of fused-ring (bicyclic) bond motifs is 1. The Morgan fingerprint density at radius 3 is 2.31 bits per heavy atom. The number of non-ortho nitro benzene ring substituents is 1. The van der Waals surface area contributed by atoms with Crippen LogP contribution in [0, 0.1) is 10.1 Å². The summed E-state index contributed by atoms with van der Waals surface area (Å²) in [5.41, 5.74) is 2.68.